The number of likely N-dealkylation sites (N-methyl/N-ethyl adjacent to an activating group) is 1. The van der Waals surface area contributed by atoms with Crippen LogP contribution in [0, 0.1) is 18.3 Å². The molecule has 0 aliphatic rings. The number of carbonyl (C=O) groups excluding carboxylic acids is 2. The first-order valence-corrected chi connectivity index (χ1v) is 8.51. The van der Waals surface area contributed by atoms with Crippen molar-refractivity contribution in [1.82, 2.24) is 5.32 Å². The molecule has 138 valence electrons. The first-order chi connectivity index (χ1) is 13.0. The van der Waals surface area contributed by atoms with Crippen molar-refractivity contribution in [3.05, 3.63) is 65.2 Å². The maximum absolute atomic E-state index is 12.3. The molecule has 6 heteroatoms. The van der Waals surface area contributed by atoms with Gasteiger partial charge in [-0.2, -0.15) is 5.26 Å². The van der Waals surface area contributed by atoms with Gasteiger partial charge in [0.15, 0.2) is 6.61 Å². The predicted molar refractivity (Wildman–Crippen MR) is 104 cm³/mol. The van der Waals surface area contributed by atoms with E-state index in [1.165, 1.54) is 6.08 Å². The number of rotatable bonds is 7. The average molecular weight is 363 g/mol. The molecule has 0 spiro atoms. The fourth-order valence-electron chi connectivity index (χ4n) is 2.29. The molecular weight excluding hydrogens is 342 g/mol. The molecule has 0 heterocycles. The van der Waals surface area contributed by atoms with Crippen LogP contribution in [-0.4, -0.2) is 25.0 Å². The maximum Gasteiger partial charge on any atom is 0.266 e. The van der Waals surface area contributed by atoms with Crippen molar-refractivity contribution < 1.29 is 14.3 Å². The van der Waals surface area contributed by atoms with Gasteiger partial charge in [0.2, 0.25) is 0 Å². The number of hydrogen-bond donors (Lipinski definition) is 2. The Morgan fingerprint density at radius 2 is 1.93 bits per heavy atom. The Morgan fingerprint density at radius 1 is 1.19 bits per heavy atom. The van der Waals surface area contributed by atoms with Crippen LogP contribution in [-0.2, 0) is 9.59 Å². The van der Waals surface area contributed by atoms with Gasteiger partial charge in [-0.1, -0.05) is 24.3 Å². The molecular formula is C21H21N3O3. The van der Waals surface area contributed by atoms with E-state index in [2.05, 4.69) is 10.6 Å². The second kappa shape index (κ2) is 9.78. The van der Waals surface area contributed by atoms with Crippen molar-refractivity contribution in [3.63, 3.8) is 0 Å². The predicted octanol–water partition coefficient (Wildman–Crippen LogP) is 3.06. The summed E-state index contributed by atoms with van der Waals surface area (Å²) in [6, 6.07) is 16.1. The molecule has 2 amide bonds. The summed E-state index contributed by atoms with van der Waals surface area (Å²) in [5.41, 5.74) is 2.32. The summed E-state index contributed by atoms with van der Waals surface area (Å²) >= 11 is 0. The molecule has 0 radical (unpaired) electrons. The molecule has 2 aromatic rings. The minimum absolute atomic E-state index is 0.00695. The van der Waals surface area contributed by atoms with E-state index in [0.29, 0.717) is 23.5 Å². The van der Waals surface area contributed by atoms with Gasteiger partial charge in [0.25, 0.3) is 11.8 Å². The average Bonchev–Trinajstić information content (AvgIpc) is 2.65. The van der Waals surface area contributed by atoms with Gasteiger partial charge in [-0.05, 0) is 55.3 Å². The van der Waals surface area contributed by atoms with E-state index in [1.54, 1.807) is 30.3 Å². The first-order valence-electron chi connectivity index (χ1n) is 8.51. The Hall–Kier alpha value is -3.59. The molecule has 6 nitrogen and oxygen atoms in total. The zero-order valence-electron chi connectivity index (χ0n) is 15.3. The lowest BCUT2D eigenvalue weighted by atomic mass is 10.1. The quantitative estimate of drug-likeness (QED) is 0.584. The monoisotopic (exact) mass is 363 g/mol. The molecule has 0 saturated heterocycles. The number of benzene rings is 2. The topological polar surface area (TPSA) is 91.2 Å². The lowest BCUT2D eigenvalue weighted by molar-refractivity contribution is -0.123. The number of anilines is 1. The van der Waals surface area contributed by atoms with E-state index in [1.807, 2.05) is 38.1 Å². The Morgan fingerprint density at radius 3 is 2.56 bits per heavy atom. The molecule has 0 aliphatic carbocycles. The highest BCUT2D eigenvalue weighted by Crippen LogP contribution is 2.16. The SMILES string of the molecule is CCNC(=O)COc1ccc(C=C(C#N)C(=O)Nc2cccc(C)c2)cc1. The van der Waals surface area contributed by atoms with Crippen molar-refractivity contribution in [2.45, 2.75) is 13.8 Å². The molecule has 0 fully saturated rings. The lowest BCUT2D eigenvalue weighted by Gasteiger charge is -2.07. The van der Waals surface area contributed by atoms with Gasteiger partial charge in [0.1, 0.15) is 17.4 Å². The number of nitrogens with zero attached hydrogens (tertiary/aromatic N) is 1. The third-order valence-electron chi connectivity index (χ3n) is 3.58. The molecule has 2 rings (SSSR count). The Bertz CT molecular complexity index is 880. The van der Waals surface area contributed by atoms with Crippen LogP contribution in [0.15, 0.2) is 54.1 Å². The molecule has 2 N–H and O–H groups in total. The highest BCUT2D eigenvalue weighted by Gasteiger charge is 2.10. The normalized spacial score (nSPS) is 10.6. The molecule has 0 unspecified atom stereocenters. The number of nitriles is 1. The summed E-state index contributed by atoms with van der Waals surface area (Å²) in [7, 11) is 0. The maximum atomic E-state index is 12.3. The zero-order valence-corrected chi connectivity index (χ0v) is 15.3. The third kappa shape index (κ3) is 6.33. The molecule has 0 aromatic heterocycles. The number of nitrogens with one attached hydrogen (secondary N) is 2. The van der Waals surface area contributed by atoms with E-state index in [0.717, 1.165) is 5.56 Å². The van der Waals surface area contributed by atoms with E-state index >= 15 is 0 Å². The van der Waals surface area contributed by atoms with Crippen LogP contribution in [0.1, 0.15) is 18.1 Å². The van der Waals surface area contributed by atoms with Crippen LogP contribution >= 0.6 is 0 Å². The van der Waals surface area contributed by atoms with Gasteiger partial charge < -0.3 is 15.4 Å². The molecule has 27 heavy (non-hydrogen) atoms. The van der Waals surface area contributed by atoms with Crippen molar-refractivity contribution >= 4 is 23.6 Å². The van der Waals surface area contributed by atoms with Gasteiger partial charge >= 0.3 is 0 Å². The van der Waals surface area contributed by atoms with Gasteiger partial charge in [0, 0.05) is 12.2 Å². The van der Waals surface area contributed by atoms with Crippen LogP contribution in [0.25, 0.3) is 6.08 Å². The van der Waals surface area contributed by atoms with Crippen molar-refractivity contribution in [2.75, 3.05) is 18.5 Å². The van der Waals surface area contributed by atoms with E-state index < -0.39 is 5.91 Å². The smallest absolute Gasteiger partial charge is 0.266 e. The summed E-state index contributed by atoms with van der Waals surface area (Å²) in [5, 5.41) is 14.6. The van der Waals surface area contributed by atoms with Crippen molar-refractivity contribution in [2.24, 2.45) is 0 Å². The van der Waals surface area contributed by atoms with Gasteiger partial charge in [-0.15, -0.1) is 0 Å². The summed E-state index contributed by atoms with van der Waals surface area (Å²) < 4.78 is 5.37. The fourth-order valence-corrected chi connectivity index (χ4v) is 2.29. The van der Waals surface area contributed by atoms with E-state index in [4.69, 9.17) is 4.74 Å². The Kier molecular flexibility index (Phi) is 7.15. The minimum atomic E-state index is -0.473. The van der Waals surface area contributed by atoms with Crippen LogP contribution in [0.5, 0.6) is 5.75 Å². The van der Waals surface area contributed by atoms with Gasteiger partial charge in [-0.3, -0.25) is 9.59 Å². The molecule has 0 bridgehead atoms. The van der Waals surface area contributed by atoms with Crippen LogP contribution in [0.4, 0.5) is 5.69 Å². The summed E-state index contributed by atoms with van der Waals surface area (Å²) in [6.45, 7) is 4.24. The summed E-state index contributed by atoms with van der Waals surface area (Å²) in [4.78, 5) is 23.7. The van der Waals surface area contributed by atoms with Crippen molar-refractivity contribution in [1.29, 1.82) is 5.26 Å². The first kappa shape index (κ1) is 19.7. The van der Waals surface area contributed by atoms with Crippen LogP contribution < -0.4 is 15.4 Å². The molecule has 2 aromatic carbocycles. The lowest BCUT2D eigenvalue weighted by Crippen LogP contribution is -2.28. The van der Waals surface area contributed by atoms with Gasteiger partial charge in [-0.25, -0.2) is 0 Å². The Balaban J connectivity index is 2.03. The minimum Gasteiger partial charge on any atom is -0.484 e. The number of amides is 2. The molecule has 0 aliphatic heterocycles. The molecule has 0 atom stereocenters. The Labute approximate surface area is 158 Å². The van der Waals surface area contributed by atoms with Gasteiger partial charge in [0.05, 0.1) is 0 Å². The zero-order chi connectivity index (χ0) is 19.6. The summed E-state index contributed by atoms with van der Waals surface area (Å²) in [5.74, 6) is -0.137. The molecule has 0 saturated carbocycles. The summed E-state index contributed by atoms with van der Waals surface area (Å²) in [6.07, 6.45) is 1.50. The largest absolute Gasteiger partial charge is 0.484 e. The number of carbonyl (C=O) groups is 2. The van der Waals surface area contributed by atoms with E-state index in [9.17, 15) is 14.9 Å². The highest BCUT2D eigenvalue weighted by atomic mass is 16.5. The number of ether oxygens (including phenoxy) is 1. The van der Waals surface area contributed by atoms with Crippen LogP contribution in [0.3, 0.4) is 0 Å². The number of hydrogen-bond acceptors (Lipinski definition) is 4. The third-order valence-corrected chi connectivity index (χ3v) is 3.58. The second-order valence-electron chi connectivity index (χ2n) is 5.80. The van der Waals surface area contributed by atoms with E-state index in [-0.39, 0.29) is 18.1 Å². The second-order valence-corrected chi connectivity index (χ2v) is 5.80. The standard InChI is InChI=1S/C21H21N3O3/c1-3-23-20(25)14-27-19-9-7-16(8-10-19)12-17(13-22)21(26)24-18-6-4-5-15(2)11-18/h4-12H,3,14H2,1-2H3,(H,23,25)(H,24,26). The fraction of sp³-hybridized carbons (Fsp3) is 0.190. The highest BCUT2D eigenvalue weighted by molar-refractivity contribution is 6.09. The van der Waals surface area contributed by atoms with Crippen LogP contribution in [0.2, 0.25) is 0 Å². The van der Waals surface area contributed by atoms with Crippen molar-refractivity contribution in [3.8, 4) is 11.8 Å². The number of aryl methyl sites for hydroxylation is 1.